The molecule has 10 nitrogen and oxygen atoms in total. The van der Waals surface area contributed by atoms with Gasteiger partial charge in [-0.3, -0.25) is 5.43 Å². The summed E-state index contributed by atoms with van der Waals surface area (Å²) in [6, 6.07) is 0. The highest BCUT2D eigenvalue weighted by Gasteiger charge is 2.68. The van der Waals surface area contributed by atoms with Crippen molar-refractivity contribution in [2.45, 2.75) is 36.3 Å². The van der Waals surface area contributed by atoms with Crippen LogP contribution in [0.4, 0.5) is 13.2 Å². The number of aliphatic hydroxyl groups is 4. The zero-order valence-corrected chi connectivity index (χ0v) is 11.8. The predicted octanol–water partition coefficient (Wildman–Crippen LogP) is -2.38. The lowest BCUT2D eigenvalue weighted by Crippen LogP contribution is -2.51. The number of nitrogens with one attached hydrogen (secondary N) is 1. The van der Waals surface area contributed by atoms with Gasteiger partial charge in [0.15, 0.2) is 17.6 Å². The number of aliphatic hydroxyl groups excluding tert-OH is 3. The highest BCUT2D eigenvalue weighted by molar-refractivity contribution is 5.86. The Labute approximate surface area is 132 Å². The fraction of sp³-hybridized carbons (Fsp3) is 0.636. The number of halogens is 3. The van der Waals surface area contributed by atoms with Gasteiger partial charge in [-0.25, -0.2) is 27.8 Å². The fourth-order valence-electron chi connectivity index (χ4n) is 2.68. The molecule has 1 fully saturated rings. The molecule has 0 saturated carbocycles. The van der Waals surface area contributed by atoms with Crippen molar-refractivity contribution in [3.63, 3.8) is 0 Å². The number of fused-ring (bicyclic) bond motifs is 1. The van der Waals surface area contributed by atoms with E-state index in [-0.39, 0.29) is 11.8 Å². The predicted molar refractivity (Wildman–Crippen MR) is 69.9 cm³/mol. The molecule has 1 saturated heterocycles. The van der Waals surface area contributed by atoms with Crippen molar-refractivity contribution in [2.24, 2.45) is 10.7 Å². The van der Waals surface area contributed by atoms with Crippen molar-refractivity contribution < 1.29 is 38.3 Å². The number of imidazole rings is 1. The quantitative estimate of drug-likeness (QED) is 0.351. The Hall–Kier alpha value is -1.93. The Morgan fingerprint density at radius 2 is 2.12 bits per heavy atom. The minimum absolute atomic E-state index is 0.225. The Kier molecular flexibility index (Phi) is 3.72. The molecule has 1 unspecified atom stereocenters. The average Bonchev–Trinajstić information content (AvgIpc) is 3.02. The highest BCUT2D eigenvalue weighted by Crippen LogP contribution is 2.47. The molecule has 0 aliphatic carbocycles. The van der Waals surface area contributed by atoms with E-state index in [1.807, 2.05) is 0 Å². The SMILES string of the molecule is NC1=NC(O)c2ncc([C@]3(O)O[C@@](CO)(C(F)F)[C@@H](O)[C@H]3F)n2N1. The largest absolute Gasteiger partial charge is 0.393 e. The summed E-state index contributed by atoms with van der Waals surface area (Å²) in [5.74, 6) is -3.64. The van der Waals surface area contributed by atoms with Crippen LogP contribution in [0.3, 0.4) is 0 Å². The Bertz CT molecular complexity index is 687. The van der Waals surface area contributed by atoms with Gasteiger partial charge in [-0.2, -0.15) is 0 Å². The maximum atomic E-state index is 14.5. The average molecular weight is 353 g/mol. The second-order valence-electron chi connectivity index (χ2n) is 5.40. The lowest BCUT2D eigenvalue weighted by molar-refractivity contribution is -0.284. The molecule has 134 valence electrons. The van der Waals surface area contributed by atoms with E-state index in [2.05, 4.69) is 15.4 Å². The number of ether oxygens (including phenoxy) is 1. The number of rotatable bonds is 3. The lowest BCUT2D eigenvalue weighted by atomic mass is 9.95. The van der Waals surface area contributed by atoms with Crippen LogP contribution in [0.2, 0.25) is 0 Å². The Morgan fingerprint density at radius 3 is 2.67 bits per heavy atom. The molecule has 24 heavy (non-hydrogen) atoms. The first kappa shape index (κ1) is 16.9. The van der Waals surface area contributed by atoms with Crippen LogP contribution >= 0.6 is 0 Å². The van der Waals surface area contributed by atoms with Gasteiger partial charge < -0.3 is 30.9 Å². The summed E-state index contributed by atoms with van der Waals surface area (Å²) in [5, 5.41) is 39.1. The Morgan fingerprint density at radius 1 is 1.46 bits per heavy atom. The van der Waals surface area contributed by atoms with Gasteiger partial charge in [0.1, 0.15) is 11.8 Å². The number of guanidine groups is 1. The van der Waals surface area contributed by atoms with Crippen LogP contribution in [0, 0.1) is 0 Å². The van der Waals surface area contributed by atoms with Crippen molar-refractivity contribution in [1.29, 1.82) is 0 Å². The lowest BCUT2D eigenvalue weighted by Gasteiger charge is -2.31. The van der Waals surface area contributed by atoms with E-state index in [1.165, 1.54) is 0 Å². The van der Waals surface area contributed by atoms with Gasteiger partial charge in [0.25, 0.3) is 6.43 Å². The number of nitrogens with zero attached hydrogens (tertiary/aromatic N) is 3. The van der Waals surface area contributed by atoms with Crippen LogP contribution in [0.5, 0.6) is 0 Å². The van der Waals surface area contributed by atoms with Crippen LogP contribution < -0.4 is 11.2 Å². The third kappa shape index (κ3) is 2.02. The standard InChI is InChI=1S/C11H14F3N5O5/c12-4-5(21)10(2-20,8(13)14)24-11(4,23)3-1-16-6-7(22)17-9(15)18-19(3)6/h1,4-5,7-8,20-23H,2H2,(H3,15,17,18)/t4-,5+,7?,10-,11+/m1/s1. The molecule has 7 N–H and O–H groups in total. The van der Waals surface area contributed by atoms with Crippen LogP contribution in [0.15, 0.2) is 11.2 Å². The first-order valence-corrected chi connectivity index (χ1v) is 6.67. The van der Waals surface area contributed by atoms with Gasteiger partial charge in [-0.15, -0.1) is 0 Å². The zero-order valence-electron chi connectivity index (χ0n) is 11.8. The second-order valence-corrected chi connectivity index (χ2v) is 5.40. The van der Waals surface area contributed by atoms with Gasteiger partial charge in [-0.05, 0) is 0 Å². The van der Waals surface area contributed by atoms with Gasteiger partial charge in [-0.1, -0.05) is 0 Å². The summed E-state index contributed by atoms with van der Waals surface area (Å²) in [6.07, 6.45) is -9.50. The molecule has 0 radical (unpaired) electrons. The zero-order chi connectivity index (χ0) is 17.9. The molecule has 0 bridgehead atoms. The van der Waals surface area contributed by atoms with Crippen molar-refractivity contribution in [1.82, 2.24) is 9.66 Å². The minimum Gasteiger partial charge on any atom is -0.393 e. The van der Waals surface area contributed by atoms with Crippen molar-refractivity contribution in [3.8, 4) is 0 Å². The van der Waals surface area contributed by atoms with Crippen LogP contribution in [-0.4, -0.2) is 67.0 Å². The monoisotopic (exact) mass is 353 g/mol. The number of hydrogen-bond donors (Lipinski definition) is 6. The third-order valence-corrected chi connectivity index (χ3v) is 3.99. The van der Waals surface area contributed by atoms with Crippen molar-refractivity contribution in [2.75, 3.05) is 12.0 Å². The summed E-state index contributed by atoms with van der Waals surface area (Å²) in [4.78, 5) is 7.21. The van der Waals surface area contributed by atoms with Crippen LogP contribution in [0.1, 0.15) is 17.7 Å². The fourth-order valence-corrected chi connectivity index (χ4v) is 2.68. The molecule has 13 heteroatoms. The molecule has 0 amide bonds. The topological polar surface area (TPSA) is 158 Å². The minimum atomic E-state index is -3.50. The molecule has 1 aromatic heterocycles. The molecule has 1 aromatic rings. The van der Waals surface area contributed by atoms with Gasteiger partial charge >= 0.3 is 0 Å². The van der Waals surface area contributed by atoms with Gasteiger partial charge in [0.05, 0.1) is 12.8 Å². The molecule has 3 rings (SSSR count). The molecule has 0 spiro atoms. The van der Waals surface area contributed by atoms with Crippen LogP contribution in [0.25, 0.3) is 0 Å². The summed E-state index contributed by atoms with van der Waals surface area (Å²) in [7, 11) is 0. The van der Waals surface area contributed by atoms with E-state index in [0.717, 1.165) is 10.9 Å². The number of hydrogen-bond acceptors (Lipinski definition) is 9. The molecule has 2 aliphatic rings. The summed E-state index contributed by atoms with van der Waals surface area (Å²) >= 11 is 0. The van der Waals surface area contributed by atoms with E-state index in [9.17, 15) is 28.5 Å². The van der Waals surface area contributed by atoms with Crippen LogP contribution in [-0.2, 0) is 10.5 Å². The Balaban J connectivity index is 2.08. The molecule has 2 aliphatic heterocycles. The van der Waals surface area contributed by atoms with E-state index in [0.29, 0.717) is 0 Å². The molecular weight excluding hydrogens is 339 g/mol. The van der Waals surface area contributed by atoms with E-state index in [4.69, 9.17) is 15.6 Å². The van der Waals surface area contributed by atoms with Crippen molar-refractivity contribution >= 4 is 5.96 Å². The van der Waals surface area contributed by atoms with Crippen molar-refractivity contribution in [3.05, 3.63) is 17.7 Å². The van der Waals surface area contributed by atoms with Gasteiger partial charge in [0.2, 0.25) is 18.0 Å². The van der Waals surface area contributed by atoms with E-state index in [1.54, 1.807) is 0 Å². The summed E-state index contributed by atoms with van der Waals surface area (Å²) < 4.78 is 46.4. The smallest absolute Gasteiger partial charge is 0.272 e. The molecular formula is C11H14F3N5O5. The first-order chi connectivity index (χ1) is 11.2. The first-order valence-electron chi connectivity index (χ1n) is 6.67. The molecule has 3 heterocycles. The number of nitrogens with two attached hydrogens (primary N) is 1. The normalized spacial score (nSPS) is 38.8. The van der Waals surface area contributed by atoms with Gasteiger partial charge in [0, 0.05) is 0 Å². The highest BCUT2D eigenvalue weighted by atomic mass is 19.3. The summed E-state index contributed by atoms with van der Waals surface area (Å²) in [5.41, 5.74) is 4.14. The number of aromatic nitrogens is 2. The number of alkyl halides is 3. The number of aliphatic imine (C=N–C) groups is 1. The maximum absolute atomic E-state index is 14.5. The molecule has 5 atom stereocenters. The third-order valence-electron chi connectivity index (χ3n) is 3.99. The maximum Gasteiger partial charge on any atom is 0.272 e. The van der Waals surface area contributed by atoms with E-state index >= 15 is 0 Å². The van der Waals surface area contributed by atoms with E-state index < -0.39 is 48.6 Å². The summed E-state index contributed by atoms with van der Waals surface area (Å²) in [6.45, 7) is -1.45. The second kappa shape index (κ2) is 5.29. The molecule has 0 aromatic carbocycles.